The van der Waals surface area contributed by atoms with Crippen LogP contribution in [0.3, 0.4) is 0 Å². The highest BCUT2D eigenvalue weighted by Crippen LogP contribution is 2.53. The van der Waals surface area contributed by atoms with Crippen LogP contribution in [0, 0.1) is 23.2 Å². The van der Waals surface area contributed by atoms with E-state index in [1.165, 1.54) is 18.4 Å². The number of nitrogens with zero attached hydrogens (tertiary/aromatic N) is 3. The van der Waals surface area contributed by atoms with Gasteiger partial charge in [0, 0.05) is 37.4 Å². The van der Waals surface area contributed by atoms with Crippen LogP contribution < -0.4 is 15.5 Å². The molecule has 2 aromatic heterocycles. The SMILES string of the molecule is C[C@H](CC[C@@H]1C[C@H](C)C1(C)C)CNC(=O)Nc1cccc(C2CCCN(c3ncnc4[nH]ccc34)C2)c1. The van der Waals surface area contributed by atoms with Crippen LogP contribution in [0.2, 0.25) is 0 Å². The van der Waals surface area contributed by atoms with Gasteiger partial charge in [-0.05, 0) is 79.0 Å². The molecule has 1 aliphatic carbocycles. The summed E-state index contributed by atoms with van der Waals surface area (Å²) >= 11 is 0. The van der Waals surface area contributed by atoms with Crippen LogP contribution in [0.25, 0.3) is 11.0 Å². The van der Waals surface area contributed by atoms with Crippen molar-refractivity contribution in [3.63, 3.8) is 0 Å². The van der Waals surface area contributed by atoms with Gasteiger partial charge >= 0.3 is 6.03 Å². The summed E-state index contributed by atoms with van der Waals surface area (Å²) in [6.45, 7) is 12.0. The Labute approximate surface area is 220 Å². The number of benzene rings is 1. The number of H-pyrrole nitrogens is 1. The maximum absolute atomic E-state index is 12.6. The molecule has 1 aliphatic heterocycles. The summed E-state index contributed by atoms with van der Waals surface area (Å²) in [7, 11) is 0. The molecule has 3 aromatic rings. The molecule has 0 bridgehead atoms. The highest BCUT2D eigenvalue weighted by Gasteiger charge is 2.44. The standard InChI is InChI=1S/C30H42N6O/c1-20(10-11-24-15-21(2)30(24,3)4)17-32-29(37)35-25-9-5-7-22(16-25)23-8-6-14-36(18-23)28-26-12-13-31-27(26)33-19-34-28/h5,7,9,12-13,16,19-21,23-24H,6,8,10-11,14-15,17-18H2,1-4H3,(H,31,33,34)(H2,32,35,37)/t20-,21+,23?,24-/m1/s1. The number of nitrogens with one attached hydrogen (secondary N) is 3. The van der Waals surface area contributed by atoms with Gasteiger partial charge in [-0.25, -0.2) is 14.8 Å². The van der Waals surface area contributed by atoms with Crippen molar-refractivity contribution in [1.29, 1.82) is 0 Å². The molecule has 4 atom stereocenters. The fourth-order valence-electron chi connectivity index (χ4n) is 6.22. The van der Waals surface area contributed by atoms with E-state index in [1.807, 2.05) is 24.4 Å². The van der Waals surface area contributed by atoms with E-state index in [9.17, 15) is 4.79 Å². The topological polar surface area (TPSA) is 85.9 Å². The highest BCUT2D eigenvalue weighted by molar-refractivity contribution is 5.89. The molecule has 2 fully saturated rings. The molecule has 37 heavy (non-hydrogen) atoms. The van der Waals surface area contributed by atoms with Crippen molar-refractivity contribution in [2.45, 2.75) is 65.7 Å². The molecule has 1 aromatic carbocycles. The monoisotopic (exact) mass is 502 g/mol. The first-order chi connectivity index (χ1) is 17.8. The summed E-state index contributed by atoms with van der Waals surface area (Å²) in [5.41, 5.74) is 3.45. The van der Waals surface area contributed by atoms with E-state index in [1.54, 1.807) is 6.33 Å². The number of aromatic amines is 1. The first kappa shape index (κ1) is 25.6. The lowest BCUT2D eigenvalue weighted by Gasteiger charge is -2.51. The number of piperidine rings is 1. The van der Waals surface area contributed by atoms with Crippen molar-refractivity contribution >= 4 is 28.6 Å². The normalized spacial score (nSPS) is 23.9. The Morgan fingerprint density at radius 3 is 2.95 bits per heavy atom. The first-order valence-corrected chi connectivity index (χ1v) is 14.0. The third-order valence-electron chi connectivity index (χ3n) is 9.25. The van der Waals surface area contributed by atoms with Gasteiger partial charge in [-0.2, -0.15) is 0 Å². The van der Waals surface area contributed by atoms with E-state index in [0.29, 0.717) is 23.8 Å². The van der Waals surface area contributed by atoms with Crippen LogP contribution in [0.15, 0.2) is 42.9 Å². The van der Waals surface area contributed by atoms with Crippen molar-refractivity contribution in [2.24, 2.45) is 23.2 Å². The van der Waals surface area contributed by atoms with E-state index in [-0.39, 0.29) is 6.03 Å². The van der Waals surface area contributed by atoms with Crippen LogP contribution >= 0.6 is 0 Å². The van der Waals surface area contributed by atoms with Gasteiger partial charge < -0.3 is 20.5 Å². The lowest BCUT2D eigenvalue weighted by molar-refractivity contribution is -0.0162. The smallest absolute Gasteiger partial charge is 0.319 e. The van der Waals surface area contributed by atoms with Crippen LogP contribution in [-0.4, -0.2) is 40.6 Å². The second kappa shape index (κ2) is 10.7. The number of amides is 2. The van der Waals surface area contributed by atoms with Gasteiger partial charge in [0.25, 0.3) is 0 Å². The number of carbonyl (C=O) groups excluding carboxylic acids is 1. The molecule has 198 valence electrons. The maximum atomic E-state index is 12.6. The van der Waals surface area contributed by atoms with Crippen LogP contribution in [0.5, 0.6) is 0 Å². The Morgan fingerprint density at radius 2 is 2.14 bits per heavy atom. The Kier molecular flexibility index (Phi) is 7.40. The van der Waals surface area contributed by atoms with Crippen LogP contribution in [0.1, 0.15) is 71.3 Å². The second-order valence-corrected chi connectivity index (χ2v) is 12.0. The van der Waals surface area contributed by atoms with Gasteiger partial charge in [-0.1, -0.05) is 39.8 Å². The number of fused-ring (bicyclic) bond motifs is 1. The van der Waals surface area contributed by atoms with E-state index in [4.69, 9.17) is 0 Å². The average Bonchev–Trinajstić information content (AvgIpc) is 3.39. The zero-order valence-electron chi connectivity index (χ0n) is 22.8. The van der Waals surface area contributed by atoms with Gasteiger partial charge in [-0.15, -0.1) is 0 Å². The van der Waals surface area contributed by atoms with Gasteiger partial charge in [0.15, 0.2) is 0 Å². The number of anilines is 2. The number of hydrogen-bond acceptors (Lipinski definition) is 4. The fourth-order valence-corrected chi connectivity index (χ4v) is 6.22. The number of hydrogen-bond donors (Lipinski definition) is 3. The first-order valence-electron chi connectivity index (χ1n) is 14.0. The highest BCUT2D eigenvalue weighted by atomic mass is 16.2. The van der Waals surface area contributed by atoms with Crippen molar-refractivity contribution in [3.8, 4) is 0 Å². The summed E-state index contributed by atoms with van der Waals surface area (Å²) < 4.78 is 0. The third kappa shape index (κ3) is 5.60. The van der Waals surface area contributed by atoms with E-state index in [2.05, 4.69) is 70.3 Å². The predicted molar refractivity (Wildman–Crippen MR) is 151 cm³/mol. The molecule has 7 nitrogen and oxygen atoms in total. The molecule has 5 rings (SSSR count). The Bertz CT molecular complexity index is 1220. The predicted octanol–water partition coefficient (Wildman–Crippen LogP) is 6.56. The zero-order valence-corrected chi connectivity index (χ0v) is 22.8. The molecule has 1 saturated heterocycles. The molecule has 7 heteroatoms. The van der Waals surface area contributed by atoms with Crippen LogP contribution in [-0.2, 0) is 0 Å². The molecular weight excluding hydrogens is 460 g/mol. The summed E-state index contributed by atoms with van der Waals surface area (Å²) in [6.07, 6.45) is 9.55. The van der Waals surface area contributed by atoms with Crippen molar-refractivity contribution in [3.05, 3.63) is 48.4 Å². The van der Waals surface area contributed by atoms with E-state index < -0.39 is 0 Å². The maximum Gasteiger partial charge on any atom is 0.319 e. The molecule has 2 aliphatic rings. The molecule has 1 unspecified atom stereocenters. The van der Waals surface area contributed by atoms with Crippen molar-refractivity contribution in [2.75, 3.05) is 29.9 Å². The van der Waals surface area contributed by atoms with Crippen molar-refractivity contribution < 1.29 is 4.79 Å². The van der Waals surface area contributed by atoms with Gasteiger partial charge in [0.1, 0.15) is 17.8 Å². The Morgan fingerprint density at radius 1 is 1.27 bits per heavy atom. The molecule has 3 N–H and O–H groups in total. The number of carbonyl (C=O) groups is 1. The van der Waals surface area contributed by atoms with Gasteiger partial charge in [0.2, 0.25) is 0 Å². The van der Waals surface area contributed by atoms with E-state index >= 15 is 0 Å². The number of rotatable bonds is 8. The minimum absolute atomic E-state index is 0.122. The summed E-state index contributed by atoms with van der Waals surface area (Å²) in [5, 5.41) is 7.21. The van der Waals surface area contributed by atoms with Crippen LogP contribution in [0.4, 0.5) is 16.3 Å². The fraction of sp³-hybridized carbons (Fsp3) is 0.567. The summed E-state index contributed by atoms with van der Waals surface area (Å²) in [6, 6.07) is 10.2. The third-order valence-corrected chi connectivity index (χ3v) is 9.25. The minimum atomic E-state index is -0.122. The Hall–Kier alpha value is -3.09. The molecule has 1 saturated carbocycles. The van der Waals surface area contributed by atoms with Crippen molar-refractivity contribution in [1.82, 2.24) is 20.3 Å². The zero-order chi connectivity index (χ0) is 26.0. The minimum Gasteiger partial charge on any atom is -0.355 e. The molecule has 0 spiro atoms. The quantitative estimate of drug-likeness (QED) is 0.325. The molecule has 0 radical (unpaired) electrons. The average molecular weight is 503 g/mol. The lowest BCUT2D eigenvalue weighted by atomic mass is 9.54. The van der Waals surface area contributed by atoms with Gasteiger partial charge in [-0.3, -0.25) is 0 Å². The number of urea groups is 1. The second-order valence-electron chi connectivity index (χ2n) is 12.0. The van der Waals surface area contributed by atoms with E-state index in [0.717, 1.165) is 66.7 Å². The summed E-state index contributed by atoms with van der Waals surface area (Å²) in [4.78, 5) is 27.1. The molecular formula is C30H42N6O. The van der Waals surface area contributed by atoms with Gasteiger partial charge in [0.05, 0.1) is 5.39 Å². The molecule has 2 amide bonds. The molecule has 3 heterocycles. The number of aromatic nitrogens is 3. The summed E-state index contributed by atoms with van der Waals surface area (Å²) in [5.74, 6) is 3.51. The Balaban J connectivity index is 1.13. The lowest BCUT2D eigenvalue weighted by Crippen LogP contribution is -2.43. The largest absolute Gasteiger partial charge is 0.355 e.